The van der Waals surface area contributed by atoms with Crippen molar-refractivity contribution < 1.29 is 0 Å². The molecule has 0 fully saturated rings. The first kappa shape index (κ1) is 15.5. The van der Waals surface area contributed by atoms with Crippen LogP contribution >= 0.6 is 23.6 Å². The van der Waals surface area contributed by atoms with Crippen LogP contribution in [0.5, 0.6) is 0 Å². The number of nitriles is 1. The molecule has 22 heavy (non-hydrogen) atoms. The summed E-state index contributed by atoms with van der Waals surface area (Å²) >= 11 is 7.15. The third kappa shape index (κ3) is 2.64. The van der Waals surface area contributed by atoms with Gasteiger partial charge in [0.1, 0.15) is 10.7 Å². The molecule has 0 spiro atoms. The Bertz CT molecular complexity index is 786. The monoisotopic (exact) mass is 328 g/mol. The van der Waals surface area contributed by atoms with E-state index >= 15 is 0 Å². The molecule has 2 heterocycles. The maximum atomic E-state index is 9.49. The molecule has 0 saturated heterocycles. The van der Waals surface area contributed by atoms with Gasteiger partial charge in [-0.1, -0.05) is 39.1 Å². The molecule has 0 bridgehead atoms. The highest BCUT2D eigenvalue weighted by Crippen LogP contribution is 2.41. The topological polar surface area (TPSA) is 39.6 Å². The smallest absolute Gasteiger partial charge is 0.122 e. The normalized spacial score (nSPS) is 17.8. The molecule has 2 aromatic heterocycles. The minimum absolute atomic E-state index is 0.282. The standard InChI is InChI=1S/C18H20N2S2/c1-18(2,3)11-6-7-12-13(9-11)16(15-5-4-8-22-15)20-17(21)14(12)10-19/h4-5,8,11H,6-7,9H2,1-3H3,(H,20,21). The molecular weight excluding hydrogens is 308 g/mol. The van der Waals surface area contributed by atoms with E-state index in [0.717, 1.165) is 25.0 Å². The Labute approximate surface area is 140 Å². The van der Waals surface area contributed by atoms with Crippen molar-refractivity contribution in [1.29, 1.82) is 5.26 Å². The highest BCUT2D eigenvalue weighted by molar-refractivity contribution is 7.71. The molecule has 4 heteroatoms. The maximum Gasteiger partial charge on any atom is 0.122 e. The van der Waals surface area contributed by atoms with Crippen LogP contribution in [0.2, 0.25) is 0 Å². The third-order valence-corrected chi connectivity index (χ3v) is 5.92. The Hall–Kier alpha value is -1.44. The van der Waals surface area contributed by atoms with Crippen LogP contribution in [0.3, 0.4) is 0 Å². The van der Waals surface area contributed by atoms with E-state index in [1.807, 2.05) is 0 Å². The molecule has 1 aliphatic carbocycles. The van der Waals surface area contributed by atoms with Crippen LogP contribution in [0, 0.1) is 27.3 Å². The second-order valence-corrected chi connectivity index (χ2v) is 8.41. The Morgan fingerprint density at radius 2 is 2.14 bits per heavy atom. The highest BCUT2D eigenvalue weighted by Gasteiger charge is 2.32. The van der Waals surface area contributed by atoms with Crippen molar-refractivity contribution in [2.45, 2.75) is 40.0 Å². The lowest BCUT2D eigenvalue weighted by molar-refractivity contribution is 0.216. The number of hydrogen-bond donors (Lipinski definition) is 1. The number of pyridine rings is 1. The molecule has 1 unspecified atom stereocenters. The summed E-state index contributed by atoms with van der Waals surface area (Å²) in [5.41, 5.74) is 4.57. The lowest BCUT2D eigenvalue weighted by atomic mass is 9.70. The predicted molar refractivity (Wildman–Crippen MR) is 94.6 cm³/mol. The van der Waals surface area contributed by atoms with Crippen molar-refractivity contribution in [3.63, 3.8) is 0 Å². The van der Waals surface area contributed by atoms with Crippen LogP contribution in [0.1, 0.15) is 43.9 Å². The van der Waals surface area contributed by atoms with Crippen molar-refractivity contribution in [2.24, 2.45) is 11.3 Å². The molecule has 0 aromatic carbocycles. The number of aromatic nitrogens is 1. The summed E-state index contributed by atoms with van der Waals surface area (Å²) in [5.74, 6) is 0.634. The quantitative estimate of drug-likeness (QED) is 0.703. The first-order chi connectivity index (χ1) is 10.4. The molecule has 3 rings (SSSR count). The molecule has 114 valence electrons. The van der Waals surface area contributed by atoms with Gasteiger partial charge in [0.2, 0.25) is 0 Å². The fourth-order valence-corrected chi connectivity index (χ4v) is 4.37. The largest absolute Gasteiger partial charge is 0.344 e. The number of thiophene rings is 1. The summed E-state index contributed by atoms with van der Waals surface area (Å²) in [5, 5.41) is 11.6. The minimum atomic E-state index is 0.282. The molecule has 0 saturated carbocycles. The molecule has 1 aliphatic rings. The van der Waals surface area contributed by atoms with Gasteiger partial charge in [0.15, 0.2) is 0 Å². The summed E-state index contributed by atoms with van der Waals surface area (Å²) in [7, 11) is 0. The van der Waals surface area contributed by atoms with E-state index in [9.17, 15) is 5.26 Å². The average molecular weight is 329 g/mol. The second-order valence-electron chi connectivity index (χ2n) is 7.06. The van der Waals surface area contributed by atoms with E-state index in [1.165, 1.54) is 16.0 Å². The van der Waals surface area contributed by atoms with Gasteiger partial charge < -0.3 is 4.98 Å². The molecule has 0 amide bonds. The fourth-order valence-electron chi connectivity index (χ4n) is 3.35. The highest BCUT2D eigenvalue weighted by atomic mass is 32.1. The number of nitrogens with zero attached hydrogens (tertiary/aromatic N) is 1. The van der Waals surface area contributed by atoms with Crippen LogP contribution in [-0.4, -0.2) is 4.98 Å². The van der Waals surface area contributed by atoms with E-state index in [0.29, 0.717) is 16.1 Å². The molecule has 2 aromatic rings. The number of aromatic amines is 1. The van der Waals surface area contributed by atoms with E-state index in [1.54, 1.807) is 11.3 Å². The van der Waals surface area contributed by atoms with Crippen molar-refractivity contribution in [3.8, 4) is 16.6 Å². The van der Waals surface area contributed by atoms with Gasteiger partial charge >= 0.3 is 0 Å². The van der Waals surface area contributed by atoms with Gasteiger partial charge in [-0.05, 0) is 53.2 Å². The fraction of sp³-hybridized carbons (Fsp3) is 0.444. The van der Waals surface area contributed by atoms with Crippen molar-refractivity contribution in [1.82, 2.24) is 4.98 Å². The van der Waals surface area contributed by atoms with Gasteiger partial charge in [-0.3, -0.25) is 0 Å². The summed E-state index contributed by atoms with van der Waals surface area (Å²) in [4.78, 5) is 4.54. The molecule has 1 atom stereocenters. The van der Waals surface area contributed by atoms with Crippen LogP contribution in [0.25, 0.3) is 10.6 Å². The second kappa shape index (κ2) is 5.64. The first-order valence-corrected chi connectivity index (χ1v) is 8.92. The zero-order chi connectivity index (χ0) is 15.9. The molecule has 0 radical (unpaired) electrons. The average Bonchev–Trinajstić information content (AvgIpc) is 2.99. The van der Waals surface area contributed by atoms with Crippen LogP contribution in [-0.2, 0) is 12.8 Å². The van der Waals surface area contributed by atoms with Gasteiger partial charge in [0, 0.05) is 0 Å². The Kier molecular flexibility index (Phi) is 3.96. The van der Waals surface area contributed by atoms with Crippen LogP contribution in [0.4, 0.5) is 0 Å². The predicted octanol–water partition coefficient (Wildman–Crippen LogP) is 5.50. The number of rotatable bonds is 1. The number of nitrogens with one attached hydrogen (secondary N) is 1. The molecule has 2 nitrogen and oxygen atoms in total. The minimum Gasteiger partial charge on any atom is -0.344 e. The van der Waals surface area contributed by atoms with E-state index in [-0.39, 0.29) is 5.41 Å². The first-order valence-electron chi connectivity index (χ1n) is 7.64. The molecular formula is C18H20N2S2. The van der Waals surface area contributed by atoms with Gasteiger partial charge in [0.25, 0.3) is 0 Å². The number of hydrogen-bond acceptors (Lipinski definition) is 3. The van der Waals surface area contributed by atoms with Gasteiger partial charge in [-0.15, -0.1) is 11.3 Å². The van der Waals surface area contributed by atoms with Crippen molar-refractivity contribution in [3.05, 3.63) is 38.8 Å². The maximum absolute atomic E-state index is 9.49. The SMILES string of the molecule is CC(C)(C)C1CCc2c(c(-c3cccs3)[nH]c(=S)c2C#N)C1. The Morgan fingerprint density at radius 3 is 2.73 bits per heavy atom. The van der Waals surface area contributed by atoms with Crippen molar-refractivity contribution in [2.75, 3.05) is 0 Å². The van der Waals surface area contributed by atoms with E-state index < -0.39 is 0 Å². The summed E-state index contributed by atoms with van der Waals surface area (Å²) in [6.07, 6.45) is 3.11. The zero-order valence-electron chi connectivity index (χ0n) is 13.2. The summed E-state index contributed by atoms with van der Waals surface area (Å²) < 4.78 is 0.582. The van der Waals surface area contributed by atoms with Crippen molar-refractivity contribution >= 4 is 23.6 Å². The van der Waals surface area contributed by atoms with Crippen LogP contribution < -0.4 is 0 Å². The van der Waals surface area contributed by atoms with Gasteiger partial charge in [-0.2, -0.15) is 5.26 Å². The van der Waals surface area contributed by atoms with Gasteiger partial charge in [0.05, 0.1) is 16.1 Å². The van der Waals surface area contributed by atoms with E-state index in [2.05, 4.69) is 49.3 Å². The Morgan fingerprint density at radius 1 is 1.36 bits per heavy atom. The zero-order valence-corrected chi connectivity index (χ0v) is 14.8. The van der Waals surface area contributed by atoms with E-state index in [4.69, 9.17) is 12.2 Å². The lowest BCUT2D eigenvalue weighted by Gasteiger charge is -2.36. The lowest BCUT2D eigenvalue weighted by Crippen LogP contribution is -2.28. The summed E-state index contributed by atoms with van der Waals surface area (Å²) in [6, 6.07) is 6.50. The van der Waals surface area contributed by atoms with Crippen LogP contribution in [0.15, 0.2) is 17.5 Å². The molecule has 0 aliphatic heterocycles. The molecule has 1 N–H and O–H groups in total. The Balaban J connectivity index is 2.21. The number of H-pyrrole nitrogens is 1. The van der Waals surface area contributed by atoms with Gasteiger partial charge in [-0.25, -0.2) is 0 Å². The number of fused-ring (bicyclic) bond motifs is 1. The summed E-state index contributed by atoms with van der Waals surface area (Å²) in [6.45, 7) is 6.93. The third-order valence-electron chi connectivity index (χ3n) is 4.73.